The summed E-state index contributed by atoms with van der Waals surface area (Å²) in [6, 6.07) is 11.6. The Morgan fingerprint density at radius 1 is 1.14 bits per heavy atom. The topological polar surface area (TPSA) is 62.0 Å². The first-order chi connectivity index (χ1) is 10.5. The minimum atomic E-state index is -3.40. The summed E-state index contributed by atoms with van der Waals surface area (Å²) >= 11 is 1.29. The summed E-state index contributed by atoms with van der Waals surface area (Å²) in [7, 11) is -3.40. The zero-order valence-corrected chi connectivity index (χ0v) is 14.1. The lowest BCUT2D eigenvalue weighted by molar-refractivity contribution is 0.584. The highest BCUT2D eigenvalue weighted by Gasteiger charge is 2.16. The van der Waals surface area contributed by atoms with Gasteiger partial charge in [0.1, 0.15) is 4.21 Å². The van der Waals surface area contributed by atoms with E-state index in [1.807, 2.05) is 38.1 Å². The molecule has 0 aliphatic carbocycles. The van der Waals surface area contributed by atoms with Crippen LogP contribution < -0.4 is 4.72 Å². The summed E-state index contributed by atoms with van der Waals surface area (Å²) in [5.41, 5.74) is 3.35. The third kappa shape index (κ3) is 2.95. The largest absolute Gasteiger partial charge is 0.358 e. The summed E-state index contributed by atoms with van der Waals surface area (Å²) in [6.07, 6.45) is 0.666. The van der Waals surface area contributed by atoms with Crippen LogP contribution in [0.2, 0.25) is 0 Å². The molecule has 0 radical (unpaired) electrons. The van der Waals surface area contributed by atoms with Gasteiger partial charge in [-0.3, -0.25) is 0 Å². The molecule has 2 heterocycles. The molecule has 0 saturated carbocycles. The molecule has 3 rings (SSSR count). The van der Waals surface area contributed by atoms with E-state index >= 15 is 0 Å². The van der Waals surface area contributed by atoms with Crippen LogP contribution >= 0.6 is 11.3 Å². The Labute approximate surface area is 134 Å². The highest BCUT2D eigenvalue weighted by atomic mass is 32.2. The predicted molar refractivity (Wildman–Crippen MR) is 91.0 cm³/mol. The second kappa shape index (κ2) is 5.87. The van der Waals surface area contributed by atoms with Gasteiger partial charge in [0, 0.05) is 28.0 Å². The van der Waals surface area contributed by atoms with Crippen LogP contribution in [0, 0.1) is 13.8 Å². The Hall–Kier alpha value is -1.63. The molecular formula is C16H18N2O2S2. The van der Waals surface area contributed by atoms with E-state index in [-0.39, 0.29) is 0 Å². The van der Waals surface area contributed by atoms with Crippen LogP contribution in [-0.2, 0) is 16.4 Å². The lowest BCUT2D eigenvalue weighted by Gasteiger charge is -2.05. The maximum absolute atomic E-state index is 12.2. The van der Waals surface area contributed by atoms with Crippen molar-refractivity contribution in [1.82, 2.24) is 9.71 Å². The Bertz CT molecular complexity index is 907. The van der Waals surface area contributed by atoms with Gasteiger partial charge in [-0.2, -0.15) is 0 Å². The zero-order chi connectivity index (χ0) is 15.7. The highest BCUT2D eigenvalue weighted by molar-refractivity contribution is 7.91. The highest BCUT2D eigenvalue weighted by Crippen LogP contribution is 2.23. The van der Waals surface area contributed by atoms with Gasteiger partial charge in [0.15, 0.2) is 0 Å². The van der Waals surface area contributed by atoms with E-state index in [9.17, 15) is 8.42 Å². The van der Waals surface area contributed by atoms with Gasteiger partial charge in [0.25, 0.3) is 0 Å². The molecule has 0 amide bonds. The van der Waals surface area contributed by atoms with Crippen LogP contribution in [0.5, 0.6) is 0 Å². The van der Waals surface area contributed by atoms with E-state index in [1.165, 1.54) is 16.9 Å². The summed E-state index contributed by atoms with van der Waals surface area (Å²) in [4.78, 5) is 4.33. The number of fused-ring (bicyclic) bond motifs is 1. The van der Waals surface area contributed by atoms with Gasteiger partial charge in [0.05, 0.1) is 0 Å². The smallest absolute Gasteiger partial charge is 0.250 e. The van der Waals surface area contributed by atoms with Gasteiger partial charge in [-0.15, -0.1) is 11.3 Å². The van der Waals surface area contributed by atoms with Crippen molar-refractivity contribution >= 4 is 32.3 Å². The van der Waals surface area contributed by atoms with Crippen LogP contribution in [0.1, 0.15) is 16.1 Å². The van der Waals surface area contributed by atoms with Crippen molar-refractivity contribution in [2.45, 2.75) is 24.5 Å². The van der Waals surface area contributed by atoms with Gasteiger partial charge in [-0.25, -0.2) is 13.1 Å². The lowest BCUT2D eigenvalue weighted by Crippen LogP contribution is -2.25. The molecule has 0 aliphatic rings. The molecule has 22 heavy (non-hydrogen) atoms. The third-order valence-corrected chi connectivity index (χ3v) is 6.63. The van der Waals surface area contributed by atoms with Gasteiger partial charge >= 0.3 is 0 Å². The number of aryl methyl sites for hydroxylation is 2. The molecule has 1 aromatic carbocycles. The minimum absolute atomic E-state index is 0.376. The number of aromatic nitrogens is 1. The average molecular weight is 334 g/mol. The maximum Gasteiger partial charge on any atom is 0.250 e. The Morgan fingerprint density at radius 3 is 2.64 bits per heavy atom. The molecule has 0 atom stereocenters. The van der Waals surface area contributed by atoms with E-state index in [0.717, 1.165) is 21.5 Å². The average Bonchev–Trinajstić information content (AvgIpc) is 3.04. The van der Waals surface area contributed by atoms with Crippen LogP contribution in [0.25, 0.3) is 10.9 Å². The van der Waals surface area contributed by atoms with Crippen molar-refractivity contribution in [3.8, 4) is 0 Å². The summed E-state index contributed by atoms with van der Waals surface area (Å²) in [5.74, 6) is 0. The number of nitrogens with one attached hydrogen (secondary N) is 2. The lowest BCUT2D eigenvalue weighted by atomic mass is 10.1. The normalized spacial score (nSPS) is 12.1. The fraction of sp³-hybridized carbons (Fsp3) is 0.250. The molecule has 0 saturated heterocycles. The predicted octanol–water partition coefficient (Wildman–Crippen LogP) is 3.37. The third-order valence-electron chi connectivity index (χ3n) is 3.67. The summed E-state index contributed by atoms with van der Waals surface area (Å²) < 4.78 is 27.5. The number of hydrogen-bond donors (Lipinski definition) is 2. The van der Waals surface area contributed by atoms with E-state index in [0.29, 0.717) is 17.2 Å². The first-order valence-corrected chi connectivity index (χ1v) is 9.39. The number of rotatable bonds is 5. The molecular weight excluding hydrogens is 316 g/mol. The van der Waals surface area contributed by atoms with Crippen molar-refractivity contribution in [1.29, 1.82) is 0 Å². The number of hydrogen-bond acceptors (Lipinski definition) is 3. The molecule has 6 heteroatoms. The molecule has 2 N–H and O–H groups in total. The molecule has 4 nitrogen and oxygen atoms in total. The van der Waals surface area contributed by atoms with Crippen LogP contribution in [0.3, 0.4) is 0 Å². The quantitative estimate of drug-likeness (QED) is 0.751. The first-order valence-electron chi connectivity index (χ1n) is 7.09. The van der Waals surface area contributed by atoms with Crippen molar-refractivity contribution in [2.75, 3.05) is 6.54 Å². The first kappa shape index (κ1) is 15.3. The monoisotopic (exact) mass is 334 g/mol. The zero-order valence-electron chi connectivity index (χ0n) is 12.5. The number of para-hydroxylation sites is 1. The number of benzene rings is 1. The number of aromatic amines is 1. The van der Waals surface area contributed by atoms with Gasteiger partial charge < -0.3 is 4.98 Å². The van der Waals surface area contributed by atoms with E-state index < -0.39 is 10.0 Å². The molecule has 0 fully saturated rings. The molecule has 0 bridgehead atoms. The van der Waals surface area contributed by atoms with E-state index in [1.54, 1.807) is 6.07 Å². The van der Waals surface area contributed by atoms with E-state index in [2.05, 4.69) is 15.8 Å². The molecule has 0 aliphatic heterocycles. The fourth-order valence-electron chi connectivity index (χ4n) is 2.59. The number of sulfonamides is 1. The molecule has 116 valence electrons. The van der Waals surface area contributed by atoms with Crippen molar-refractivity contribution in [3.05, 3.63) is 52.5 Å². The molecule has 2 aromatic heterocycles. The van der Waals surface area contributed by atoms with Crippen molar-refractivity contribution in [2.24, 2.45) is 0 Å². The Balaban J connectivity index is 1.74. The Morgan fingerprint density at radius 2 is 1.91 bits per heavy atom. The molecule has 0 spiro atoms. The van der Waals surface area contributed by atoms with Crippen LogP contribution in [0.15, 0.2) is 40.6 Å². The molecule has 3 aromatic rings. The Kier molecular flexibility index (Phi) is 4.08. The standard InChI is InChI=1S/C16H18N2O2S2/c1-11-7-8-16(21-11)22(19,20)17-10-9-13-12(2)18-15-6-4-3-5-14(13)15/h3-8,17-18H,9-10H2,1-2H3. The number of H-pyrrole nitrogens is 1. The second-order valence-electron chi connectivity index (χ2n) is 5.29. The van der Waals surface area contributed by atoms with Crippen molar-refractivity contribution in [3.63, 3.8) is 0 Å². The van der Waals surface area contributed by atoms with E-state index in [4.69, 9.17) is 0 Å². The van der Waals surface area contributed by atoms with Gasteiger partial charge in [-0.05, 0) is 44.0 Å². The van der Waals surface area contributed by atoms with Crippen LogP contribution in [0.4, 0.5) is 0 Å². The van der Waals surface area contributed by atoms with Gasteiger partial charge in [0.2, 0.25) is 10.0 Å². The van der Waals surface area contributed by atoms with Gasteiger partial charge in [-0.1, -0.05) is 18.2 Å². The summed E-state index contributed by atoms with van der Waals surface area (Å²) in [5, 5.41) is 1.16. The molecule has 0 unspecified atom stereocenters. The maximum atomic E-state index is 12.2. The summed E-state index contributed by atoms with van der Waals surface area (Å²) in [6.45, 7) is 4.31. The number of thiophene rings is 1. The van der Waals surface area contributed by atoms with Crippen LogP contribution in [-0.4, -0.2) is 19.9 Å². The minimum Gasteiger partial charge on any atom is -0.358 e. The SMILES string of the molecule is Cc1ccc(S(=O)(=O)NCCc2c(C)[nH]c3ccccc23)s1. The van der Waals surface area contributed by atoms with Crippen molar-refractivity contribution < 1.29 is 8.42 Å². The fourth-order valence-corrected chi connectivity index (χ4v) is 4.95. The second-order valence-corrected chi connectivity index (χ2v) is 8.57.